The van der Waals surface area contributed by atoms with Crippen molar-refractivity contribution in [1.29, 1.82) is 0 Å². The van der Waals surface area contributed by atoms with E-state index < -0.39 is 0 Å². The van der Waals surface area contributed by atoms with Crippen molar-refractivity contribution in [2.45, 2.75) is 37.3 Å². The molecule has 3 saturated heterocycles. The number of hydrogen-bond acceptors (Lipinski definition) is 7. The summed E-state index contributed by atoms with van der Waals surface area (Å²) in [6.07, 6.45) is 2.76. The fraction of sp³-hybridized carbons (Fsp3) is 0.750. The molecule has 0 radical (unpaired) electrons. The molecular weight excluding hydrogens is 296 g/mol. The number of nitrogens with one attached hydrogen (secondary N) is 1. The lowest BCUT2D eigenvalue weighted by Gasteiger charge is -2.36. The van der Waals surface area contributed by atoms with E-state index in [1.807, 2.05) is 4.90 Å². The summed E-state index contributed by atoms with van der Waals surface area (Å²) in [7, 11) is 0. The van der Waals surface area contributed by atoms with Gasteiger partial charge in [0.2, 0.25) is 5.95 Å². The van der Waals surface area contributed by atoms with Crippen LogP contribution in [0.3, 0.4) is 0 Å². The number of anilines is 2. The molecule has 0 bridgehead atoms. The predicted molar refractivity (Wildman–Crippen MR) is 85.9 cm³/mol. The summed E-state index contributed by atoms with van der Waals surface area (Å²) in [5, 5.41) is 13.1. The van der Waals surface area contributed by atoms with Gasteiger partial charge in [0.1, 0.15) is 5.82 Å². The van der Waals surface area contributed by atoms with Gasteiger partial charge < -0.3 is 24.8 Å². The van der Waals surface area contributed by atoms with Gasteiger partial charge in [-0.15, -0.1) is 0 Å². The topological polar surface area (TPSA) is 79.7 Å². The third-order valence-corrected chi connectivity index (χ3v) is 4.80. The zero-order valence-electron chi connectivity index (χ0n) is 13.3. The van der Waals surface area contributed by atoms with E-state index in [0.29, 0.717) is 31.0 Å². The normalized spacial score (nSPS) is 26.3. The van der Waals surface area contributed by atoms with Gasteiger partial charge in [-0.25, -0.2) is 4.98 Å². The van der Waals surface area contributed by atoms with Crippen LogP contribution in [0.5, 0.6) is 0 Å². The largest absolute Gasteiger partial charge is 0.389 e. The van der Waals surface area contributed by atoms with Crippen LogP contribution in [0.2, 0.25) is 0 Å². The Hall–Kier alpha value is -1.44. The Morgan fingerprint density at radius 3 is 2.57 bits per heavy atom. The number of nitrogens with zero attached hydrogens (tertiary/aromatic N) is 3. The highest BCUT2D eigenvalue weighted by atomic mass is 16.5. The van der Waals surface area contributed by atoms with Crippen molar-refractivity contribution in [3.63, 3.8) is 0 Å². The molecule has 7 heteroatoms. The molecular formula is C16H24N4O3. The first kappa shape index (κ1) is 15.1. The molecule has 3 aliphatic heterocycles. The monoisotopic (exact) mass is 320 g/mol. The number of hydrogen-bond donors (Lipinski definition) is 2. The van der Waals surface area contributed by atoms with Crippen LogP contribution in [0.4, 0.5) is 11.8 Å². The maximum absolute atomic E-state index is 9.54. The minimum atomic E-state index is -0.260. The number of β-amino-alcohol motifs (C(OH)–C–C–N with tert-alkyl or cyclic N) is 1. The van der Waals surface area contributed by atoms with Gasteiger partial charge >= 0.3 is 0 Å². The Morgan fingerprint density at radius 1 is 1.09 bits per heavy atom. The Kier molecular flexibility index (Phi) is 4.33. The van der Waals surface area contributed by atoms with E-state index >= 15 is 0 Å². The maximum atomic E-state index is 9.54. The van der Waals surface area contributed by atoms with E-state index in [2.05, 4.69) is 16.4 Å². The van der Waals surface area contributed by atoms with Crippen LogP contribution in [0.15, 0.2) is 6.07 Å². The second-order valence-electron chi connectivity index (χ2n) is 6.63. The Labute approximate surface area is 136 Å². The molecule has 0 amide bonds. The van der Waals surface area contributed by atoms with Crippen LogP contribution < -0.4 is 10.2 Å². The van der Waals surface area contributed by atoms with E-state index in [-0.39, 0.29) is 6.10 Å². The fourth-order valence-electron chi connectivity index (χ4n) is 3.31. The number of aliphatic hydroxyl groups excluding tert-OH is 1. The first-order valence-electron chi connectivity index (χ1n) is 8.52. The molecule has 4 heterocycles. The second-order valence-corrected chi connectivity index (χ2v) is 6.63. The minimum absolute atomic E-state index is 0.260. The first-order chi connectivity index (χ1) is 11.3. The van der Waals surface area contributed by atoms with Crippen LogP contribution in [-0.4, -0.2) is 66.7 Å². The van der Waals surface area contributed by atoms with Gasteiger partial charge in [0.05, 0.1) is 18.4 Å². The summed E-state index contributed by atoms with van der Waals surface area (Å²) in [6.45, 7) is 4.36. The van der Waals surface area contributed by atoms with E-state index in [1.54, 1.807) is 0 Å². The summed E-state index contributed by atoms with van der Waals surface area (Å²) in [5.41, 5.74) is 1.04. The van der Waals surface area contributed by atoms with Crippen LogP contribution in [0, 0.1) is 0 Å². The molecule has 126 valence electrons. The van der Waals surface area contributed by atoms with Crippen molar-refractivity contribution in [1.82, 2.24) is 9.97 Å². The summed E-state index contributed by atoms with van der Waals surface area (Å²) in [4.78, 5) is 11.4. The molecule has 0 aromatic carbocycles. The third kappa shape index (κ3) is 3.41. The number of rotatable bonds is 4. The highest BCUT2D eigenvalue weighted by Crippen LogP contribution is 2.28. The van der Waals surface area contributed by atoms with E-state index in [0.717, 1.165) is 57.2 Å². The molecule has 1 atom stereocenters. The Morgan fingerprint density at radius 2 is 1.87 bits per heavy atom. The van der Waals surface area contributed by atoms with E-state index in [4.69, 9.17) is 14.5 Å². The average Bonchev–Trinajstić information content (AvgIpc) is 3.07. The summed E-state index contributed by atoms with van der Waals surface area (Å²) >= 11 is 0. The van der Waals surface area contributed by atoms with Gasteiger partial charge in [-0.1, -0.05) is 0 Å². The van der Waals surface area contributed by atoms with Crippen molar-refractivity contribution in [3.05, 3.63) is 11.8 Å². The lowest BCUT2D eigenvalue weighted by Crippen LogP contribution is -2.51. The highest BCUT2D eigenvalue weighted by Gasteiger charge is 2.29. The maximum Gasteiger partial charge on any atom is 0.227 e. The number of aromatic nitrogens is 2. The molecule has 0 aliphatic carbocycles. The summed E-state index contributed by atoms with van der Waals surface area (Å²) in [6, 6.07) is 2.47. The molecule has 0 saturated carbocycles. The number of aliphatic hydroxyl groups is 1. The molecule has 1 aromatic heterocycles. The van der Waals surface area contributed by atoms with Crippen molar-refractivity contribution in [3.8, 4) is 0 Å². The Balaban J connectivity index is 1.55. The van der Waals surface area contributed by atoms with Gasteiger partial charge in [0.25, 0.3) is 0 Å². The zero-order valence-corrected chi connectivity index (χ0v) is 13.3. The van der Waals surface area contributed by atoms with Gasteiger partial charge in [-0.3, -0.25) is 0 Å². The fourth-order valence-corrected chi connectivity index (χ4v) is 3.31. The highest BCUT2D eigenvalue weighted by molar-refractivity contribution is 5.47. The molecule has 3 aliphatic rings. The molecule has 4 rings (SSSR count). The van der Waals surface area contributed by atoms with Gasteiger partial charge in [0.15, 0.2) is 0 Å². The molecule has 7 nitrogen and oxygen atoms in total. The number of ether oxygens (including phenoxy) is 2. The quantitative estimate of drug-likeness (QED) is 0.847. The van der Waals surface area contributed by atoms with Crippen LogP contribution in [-0.2, 0) is 9.47 Å². The van der Waals surface area contributed by atoms with Crippen molar-refractivity contribution in [2.75, 3.05) is 49.7 Å². The molecule has 3 fully saturated rings. The molecule has 23 heavy (non-hydrogen) atoms. The zero-order chi connectivity index (χ0) is 15.6. The predicted octanol–water partition coefficient (Wildman–Crippen LogP) is 0.752. The molecule has 0 spiro atoms. The standard InChI is InChI=1S/C16H24N4O3/c21-13-8-20(9-13)16-18-14(11-1-4-23-10-11)7-15(19-16)17-12-2-5-22-6-3-12/h7,11-13,21H,1-6,8-10H2,(H,17,18,19). The van der Waals surface area contributed by atoms with Crippen LogP contribution in [0.25, 0.3) is 0 Å². The lowest BCUT2D eigenvalue weighted by molar-refractivity contribution is 0.0904. The van der Waals surface area contributed by atoms with Crippen molar-refractivity contribution >= 4 is 11.8 Å². The van der Waals surface area contributed by atoms with Crippen LogP contribution >= 0.6 is 0 Å². The van der Waals surface area contributed by atoms with E-state index in [9.17, 15) is 5.11 Å². The average molecular weight is 320 g/mol. The van der Waals surface area contributed by atoms with E-state index in [1.165, 1.54) is 0 Å². The molecule has 1 aromatic rings. The van der Waals surface area contributed by atoms with Crippen molar-refractivity contribution in [2.24, 2.45) is 0 Å². The SMILES string of the molecule is OC1CN(c2nc(NC3CCOCC3)cc(C3CCOC3)n2)C1. The van der Waals surface area contributed by atoms with Gasteiger partial charge in [-0.05, 0) is 19.3 Å². The third-order valence-electron chi connectivity index (χ3n) is 4.80. The Bertz CT molecular complexity index is 538. The molecule has 1 unspecified atom stereocenters. The van der Waals surface area contributed by atoms with Gasteiger partial charge in [-0.2, -0.15) is 4.98 Å². The van der Waals surface area contributed by atoms with Gasteiger partial charge in [0, 0.05) is 50.9 Å². The summed E-state index contributed by atoms with van der Waals surface area (Å²) < 4.78 is 10.9. The second kappa shape index (κ2) is 6.59. The smallest absolute Gasteiger partial charge is 0.227 e. The summed E-state index contributed by atoms with van der Waals surface area (Å²) in [5.74, 6) is 1.94. The molecule has 2 N–H and O–H groups in total. The van der Waals surface area contributed by atoms with Crippen LogP contribution in [0.1, 0.15) is 30.9 Å². The minimum Gasteiger partial charge on any atom is -0.389 e. The lowest BCUT2D eigenvalue weighted by atomic mass is 10.0. The first-order valence-corrected chi connectivity index (χ1v) is 8.52. The van der Waals surface area contributed by atoms with Crippen molar-refractivity contribution < 1.29 is 14.6 Å².